The number of hydrogen-bond acceptors (Lipinski definition) is 2. The highest BCUT2D eigenvalue weighted by atomic mass is 35.5. The van der Waals surface area contributed by atoms with Crippen molar-refractivity contribution < 1.29 is 9.50 Å². The third-order valence-electron chi connectivity index (χ3n) is 3.50. The van der Waals surface area contributed by atoms with Gasteiger partial charge in [0.2, 0.25) is 0 Å². The van der Waals surface area contributed by atoms with Gasteiger partial charge in [0.05, 0.1) is 17.8 Å². The van der Waals surface area contributed by atoms with E-state index in [1.807, 2.05) is 19.1 Å². The molecule has 2 N–H and O–H groups in total. The molecule has 0 amide bonds. The van der Waals surface area contributed by atoms with E-state index in [1.54, 1.807) is 30.3 Å². The van der Waals surface area contributed by atoms with Gasteiger partial charge in [-0.3, -0.25) is 0 Å². The maximum absolute atomic E-state index is 13.8. The Kier molecular flexibility index (Phi) is 4.63. The lowest BCUT2D eigenvalue weighted by Gasteiger charge is -2.34. The number of para-hydroxylation sites is 1. The van der Waals surface area contributed by atoms with Crippen molar-refractivity contribution in [3.05, 3.63) is 64.9 Å². The highest BCUT2D eigenvalue weighted by molar-refractivity contribution is 6.30. The van der Waals surface area contributed by atoms with E-state index in [1.165, 1.54) is 6.07 Å². The Hall–Kier alpha value is -1.58. The smallest absolute Gasteiger partial charge is 0.146 e. The van der Waals surface area contributed by atoms with Crippen molar-refractivity contribution in [2.75, 3.05) is 11.9 Å². The van der Waals surface area contributed by atoms with Gasteiger partial charge in [-0.15, -0.1) is 0 Å². The van der Waals surface area contributed by atoms with Gasteiger partial charge in [0.1, 0.15) is 5.82 Å². The predicted molar refractivity (Wildman–Crippen MR) is 80.5 cm³/mol. The first-order valence-electron chi connectivity index (χ1n) is 6.51. The topological polar surface area (TPSA) is 32.3 Å². The molecular weight excluding hydrogens is 277 g/mol. The van der Waals surface area contributed by atoms with Crippen LogP contribution in [0.1, 0.15) is 18.9 Å². The van der Waals surface area contributed by atoms with E-state index < -0.39 is 5.54 Å². The summed E-state index contributed by atoms with van der Waals surface area (Å²) < 4.78 is 13.8. The summed E-state index contributed by atoms with van der Waals surface area (Å²) in [7, 11) is 0. The first-order chi connectivity index (χ1) is 9.61. The number of nitrogens with one attached hydrogen (secondary N) is 1. The molecule has 0 radical (unpaired) electrons. The van der Waals surface area contributed by atoms with Gasteiger partial charge in [0, 0.05) is 5.02 Å². The summed E-state index contributed by atoms with van der Waals surface area (Å²) in [5.41, 5.74) is 0.439. The summed E-state index contributed by atoms with van der Waals surface area (Å²) in [5, 5.41) is 13.6. The molecular formula is C16H17ClFNO. The molecule has 0 saturated heterocycles. The average Bonchev–Trinajstić information content (AvgIpc) is 2.47. The minimum atomic E-state index is -0.757. The molecule has 0 aliphatic carbocycles. The monoisotopic (exact) mass is 293 g/mol. The summed E-state index contributed by atoms with van der Waals surface area (Å²) in [6.45, 7) is 1.78. The third kappa shape index (κ3) is 2.94. The Morgan fingerprint density at radius 3 is 2.55 bits per heavy atom. The molecule has 2 aromatic carbocycles. The Bertz CT molecular complexity index is 584. The molecule has 0 aliphatic rings. The van der Waals surface area contributed by atoms with E-state index >= 15 is 0 Å². The maximum atomic E-state index is 13.8. The Labute approximate surface area is 123 Å². The van der Waals surface area contributed by atoms with E-state index in [-0.39, 0.29) is 12.4 Å². The molecule has 4 heteroatoms. The molecule has 2 nitrogen and oxygen atoms in total. The summed E-state index contributed by atoms with van der Waals surface area (Å²) in [4.78, 5) is 0. The zero-order valence-corrected chi connectivity index (χ0v) is 12.0. The van der Waals surface area contributed by atoms with Gasteiger partial charge in [-0.2, -0.15) is 0 Å². The van der Waals surface area contributed by atoms with Crippen molar-refractivity contribution in [2.45, 2.75) is 18.9 Å². The lowest BCUT2D eigenvalue weighted by molar-refractivity contribution is 0.207. The summed E-state index contributed by atoms with van der Waals surface area (Å²) in [6, 6.07) is 13.7. The van der Waals surface area contributed by atoms with Crippen molar-refractivity contribution in [1.29, 1.82) is 0 Å². The molecule has 0 aromatic heterocycles. The number of aliphatic hydroxyl groups is 1. The van der Waals surface area contributed by atoms with E-state index in [2.05, 4.69) is 5.32 Å². The Morgan fingerprint density at radius 1 is 1.20 bits per heavy atom. The van der Waals surface area contributed by atoms with Crippen LogP contribution in [0, 0.1) is 5.82 Å². The van der Waals surface area contributed by atoms with Gasteiger partial charge in [-0.1, -0.05) is 42.8 Å². The number of halogens is 2. The van der Waals surface area contributed by atoms with Gasteiger partial charge in [0.15, 0.2) is 0 Å². The van der Waals surface area contributed by atoms with Crippen LogP contribution in [0.2, 0.25) is 5.02 Å². The van der Waals surface area contributed by atoms with Crippen LogP contribution in [0.15, 0.2) is 48.5 Å². The molecule has 0 heterocycles. The molecule has 0 fully saturated rings. The predicted octanol–water partition coefficient (Wildman–Crippen LogP) is 4.19. The van der Waals surface area contributed by atoms with E-state index in [9.17, 15) is 9.50 Å². The minimum absolute atomic E-state index is 0.155. The van der Waals surface area contributed by atoms with Crippen molar-refractivity contribution in [3.8, 4) is 0 Å². The third-order valence-corrected chi connectivity index (χ3v) is 3.73. The van der Waals surface area contributed by atoms with Gasteiger partial charge in [-0.25, -0.2) is 4.39 Å². The van der Waals surface area contributed by atoms with Crippen LogP contribution in [0.4, 0.5) is 10.1 Å². The van der Waals surface area contributed by atoms with Crippen molar-refractivity contribution in [1.82, 2.24) is 0 Å². The molecule has 1 atom stereocenters. The average molecular weight is 294 g/mol. The Balaban J connectivity index is 2.42. The van der Waals surface area contributed by atoms with Crippen molar-refractivity contribution in [2.24, 2.45) is 0 Å². The number of hydrogen-bond donors (Lipinski definition) is 2. The second-order valence-corrected chi connectivity index (χ2v) is 5.15. The zero-order chi connectivity index (χ0) is 14.6. The normalized spacial score (nSPS) is 13.8. The van der Waals surface area contributed by atoms with E-state index in [0.29, 0.717) is 17.1 Å². The fourth-order valence-corrected chi connectivity index (χ4v) is 2.40. The minimum Gasteiger partial charge on any atom is -0.394 e. The fourth-order valence-electron chi connectivity index (χ4n) is 2.21. The van der Waals surface area contributed by atoms with Gasteiger partial charge >= 0.3 is 0 Å². The first-order valence-corrected chi connectivity index (χ1v) is 6.89. The van der Waals surface area contributed by atoms with Crippen LogP contribution in [0.25, 0.3) is 0 Å². The van der Waals surface area contributed by atoms with Crippen molar-refractivity contribution in [3.63, 3.8) is 0 Å². The quantitative estimate of drug-likeness (QED) is 0.866. The summed E-state index contributed by atoms with van der Waals surface area (Å²) in [6.07, 6.45) is 0.595. The number of rotatable bonds is 5. The molecule has 106 valence electrons. The molecule has 0 saturated carbocycles. The van der Waals surface area contributed by atoms with Gasteiger partial charge in [0.25, 0.3) is 0 Å². The van der Waals surface area contributed by atoms with Gasteiger partial charge < -0.3 is 10.4 Å². The largest absolute Gasteiger partial charge is 0.394 e. The van der Waals surface area contributed by atoms with Crippen LogP contribution in [-0.2, 0) is 5.54 Å². The highest BCUT2D eigenvalue weighted by Crippen LogP contribution is 2.31. The van der Waals surface area contributed by atoms with Gasteiger partial charge in [-0.05, 0) is 36.2 Å². The zero-order valence-electron chi connectivity index (χ0n) is 11.2. The molecule has 20 heavy (non-hydrogen) atoms. The first kappa shape index (κ1) is 14.8. The molecule has 0 bridgehead atoms. The summed E-state index contributed by atoms with van der Waals surface area (Å²) in [5.74, 6) is -0.346. The maximum Gasteiger partial charge on any atom is 0.146 e. The number of anilines is 1. The SMILES string of the molecule is CCC(CO)(Nc1ccccc1F)c1cccc(Cl)c1. The lowest BCUT2D eigenvalue weighted by atomic mass is 9.87. The molecule has 2 rings (SSSR count). The number of benzene rings is 2. The molecule has 1 unspecified atom stereocenters. The van der Waals surface area contributed by atoms with Crippen molar-refractivity contribution >= 4 is 17.3 Å². The molecule has 2 aromatic rings. The van der Waals surface area contributed by atoms with E-state index in [0.717, 1.165) is 5.56 Å². The van der Waals surface area contributed by atoms with Crippen LogP contribution in [0.5, 0.6) is 0 Å². The fraction of sp³-hybridized carbons (Fsp3) is 0.250. The lowest BCUT2D eigenvalue weighted by Crippen LogP contribution is -2.38. The van der Waals surface area contributed by atoms with Crippen LogP contribution in [0.3, 0.4) is 0 Å². The molecule has 0 aliphatic heterocycles. The number of aliphatic hydroxyl groups excluding tert-OH is 1. The second kappa shape index (κ2) is 6.25. The Morgan fingerprint density at radius 2 is 1.95 bits per heavy atom. The molecule has 0 spiro atoms. The van der Waals surface area contributed by atoms with Crippen LogP contribution < -0.4 is 5.32 Å². The van der Waals surface area contributed by atoms with Crippen LogP contribution in [-0.4, -0.2) is 11.7 Å². The highest BCUT2D eigenvalue weighted by Gasteiger charge is 2.30. The van der Waals surface area contributed by atoms with E-state index in [4.69, 9.17) is 11.6 Å². The summed E-state index contributed by atoms with van der Waals surface area (Å²) >= 11 is 6.02. The standard InChI is InChI=1S/C16H17ClFNO/c1-2-16(11-20,12-6-5-7-13(17)10-12)19-15-9-4-3-8-14(15)18/h3-10,19-20H,2,11H2,1H3. The van der Waals surface area contributed by atoms with Crippen LogP contribution >= 0.6 is 11.6 Å². The second-order valence-electron chi connectivity index (χ2n) is 4.71.